The van der Waals surface area contributed by atoms with Crippen molar-refractivity contribution in [2.24, 2.45) is 21.9 Å². The average Bonchev–Trinajstić information content (AvgIpc) is 1.98. The van der Waals surface area contributed by atoms with Crippen LogP contribution in [0, 0.1) is 10.8 Å². The molecule has 5 N–H and O–H groups in total. The number of nitrogens with two attached hydrogens (primary N) is 2. The highest BCUT2D eigenvalue weighted by atomic mass is 15.3. The molecule has 0 aliphatic rings. The van der Waals surface area contributed by atoms with Gasteiger partial charge in [0.25, 0.3) is 0 Å². The van der Waals surface area contributed by atoms with Crippen LogP contribution in [0.4, 0.5) is 0 Å². The van der Waals surface area contributed by atoms with Gasteiger partial charge in [0.2, 0.25) is 5.96 Å². The lowest BCUT2D eigenvalue weighted by molar-refractivity contribution is 0.206. The van der Waals surface area contributed by atoms with Crippen LogP contribution in [-0.2, 0) is 0 Å². The second-order valence-electron chi connectivity index (χ2n) is 4.51. The summed E-state index contributed by atoms with van der Waals surface area (Å²) < 4.78 is 0. The van der Waals surface area contributed by atoms with Crippen molar-refractivity contribution in [3.63, 3.8) is 0 Å². The summed E-state index contributed by atoms with van der Waals surface area (Å²) in [5.74, 6) is 0.00961. The Bertz CT molecular complexity index is 234. The van der Waals surface area contributed by atoms with Crippen molar-refractivity contribution in [3.8, 4) is 0 Å². The maximum atomic E-state index is 7.61. The predicted molar refractivity (Wildman–Crippen MR) is 60.2 cm³/mol. The fraction of sp³-hybridized carbons (Fsp3) is 0.778. The molecule has 0 heterocycles. The molecule has 0 saturated heterocycles. The van der Waals surface area contributed by atoms with Crippen LogP contribution in [0.25, 0.3) is 0 Å². The first-order valence-electron chi connectivity index (χ1n) is 4.57. The van der Waals surface area contributed by atoms with Crippen LogP contribution in [-0.4, -0.2) is 29.9 Å². The fourth-order valence-electron chi connectivity index (χ4n) is 0.966. The van der Waals surface area contributed by atoms with Gasteiger partial charge in [-0.25, -0.2) is 0 Å². The first kappa shape index (κ1) is 12.7. The van der Waals surface area contributed by atoms with Crippen LogP contribution in [0.1, 0.15) is 27.7 Å². The van der Waals surface area contributed by atoms with Crippen LogP contribution in [0.5, 0.6) is 0 Å². The van der Waals surface area contributed by atoms with E-state index in [0.717, 1.165) is 0 Å². The van der Waals surface area contributed by atoms with E-state index >= 15 is 0 Å². The molecule has 0 saturated carbocycles. The SMILES string of the molecule is CC(N(C)C(=N)N=C(N)N)C(C)(C)C. The Labute approximate surface area is 85.7 Å². The normalized spacial score (nSPS) is 13.2. The van der Waals surface area contributed by atoms with Crippen molar-refractivity contribution in [1.29, 1.82) is 5.41 Å². The smallest absolute Gasteiger partial charge is 0.221 e. The molecule has 0 aliphatic carbocycles. The van der Waals surface area contributed by atoms with E-state index in [9.17, 15) is 0 Å². The summed E-state index contributed by atoms with van der Waals surface area (Å²) in [5, 5.41) is 7.61. The zero-order valence-corrected chi connectivity index (χ0v) is 9.63. The minimum absolute atomic E-state index is 0.0806. The van der Waals surface area contributed by atoms with Crippen LogP contribution >= 0.6 is 0 Å². The van der Waals surface area contributed by atoms with Gasteiger partial charge in [-0.3, -0.25) is 5.41 Å². The third-order valence-corrected chi connectivity index (χ3v) is 2.40. The summed E-state index contributed by atoms with van der Waals surface area (Å²) in [4.78, 5) is 5.44. The van der Waals surface area contributed by atoms with Gasteiger partial charge in [-0.15, -0.1) is 0 Å². The summed E-state index contributed by atoms with van der Waals surface area (Å²) in [6.45, 7) is 8.36. The first-order chi connectivity index (χ1) is 6.16. The van der Waals surface area contributed by atoms with E-state index in [1.165, 1.54) is 0 Å². The van der Waals surface area contributed by atoms with Crippen LogP contribution in [0.3, 0.4) is 0 Å². The standard InChI is InChI=1S/C9H21N5/c1-6(9(2,3)4)14(5)8(12)13-7(10)11/h6H,1-5H3,(H5,10,11,12,13). The highest BCUT2D eigenvalue weighted by Crippen LogP contribution is 2.22. The van der Waals surface area contributed by atoms with Gasteiger partial charge in [0, 0.05) is 13.1 Å². The molecule has 1 atom stereocenters. The first-order valence-corrected chi connectivity index (χ1v) is 4.57. The second kappa shape index (κ2) is 4.30. The topological polar surface area (TPSA) is 91.5 Å². The summed E-state index contributed by atoms with van der Waals surface area (Å²) in [5.41, 5.74) is 10.5. The fourth-order valence-corrected chi connectivity index (χ4v) is 0.966. The maximum Gasteiger partial charge on any atom is 0.221 e. The molecule has 0 aromatic rings. The predicted octanol–water partition coefficient (Wildman–Crippen LogP) is 0.561. The number of rotatable bonds is 1. The molecule has 0 bridgehead atoms. The lowest BCUT2D eigenvalue weighted by Crippen LogP contribution is -2.43. The van der Waals surface area contributed by atoms with Crippen molar-refractivity contribution >= 4 is 11.9 Å². The molecule has 14 heavy (non-hydrogen) atoms. The molecule has 0 aromatic heterocycles. The summed E-state index contributed by atoms with van der Waals surface area (Å²) >= 11 is 0. The van der Waals surface area contributed by atoms with Crippen LogP contribution in [0.15, 0.2) is 4.99 Å². The number of hydrogen-bond donors (Lipinski definition) is 3. The minimum Gasteiger partial charge on any atom is -0.370 e. The third kappa shape index (κ3) is 3.64. The zero-order valence-electron chi connectivity index (χ0n) is 9.63. The molecule has 0 aromatic carbocycles. The Kier molecular flexibility index (Phi) is 3.92. The molecule has 0 fully saturated rings. The van der Waals surface area contributed by atoms with Gasteiger partial charge in [-0.1, -0.05) is 20.8 Å². The van der Waals surface area contributed by atoms with Crippen molar-refractivity contribution < 1.29 is 0 Å². The van der Waals surface area contributed by atoms with E-state index in [2.05, 4.69) is 25.8 Å². The third-order valence-electron chi connectivity index (χ3n) is 2.40. The Balaban J connectivity index is 4.56. The van der Waals surface area contributed by atoms with Gasteiger partial charge in [0.1, 0.15) is 0 Å². The van der Waals surface area contributed by atoms with Crippen molar-refractivity contribution in [1.82, 2.24) is 4.90 Å². The number of guanidine groups is 2. The quantitative estimate of drug-likeness (QED) is 0.425. The minimum atomic E-state index is -0.0806. The van der Waals surface area contributed by atoms with Crippen molar-refractivity contribution in [2.45, 2.75) is 33.7 Å². The van der Waals surface area contributed by atoms with Gasteiger partial charge in [-0.05, 0) is 12.3 Å². The maximum absolute atomic E-state index is 7.61. The summed E-state index contributed by atoms with van der Waals surface area (Å²) in [6, 6.07) is 0.193. The molecular weight excluding hydrogens is 178 g/mol. The zero-order chi connectivity index (χ0) is 11.5. The Hall–Kier alpha value is -1.26. The van der Waals surface area contributed by atoms with Gasteiger partial charge in [-0.2, -0.15) is 4.99 Å². The molecule has 82 valence electrons. The number of hydrogen-bond acceptors (Lipinski definition) is 1. The van der Waals surface area contributed by atoms with Crippen molar-refractivity contribution in [2.75, 3.05) is 7.05 Å². The van der Waals surface area contributed by atoms with E-state index in [1.807, 2.05) is 14.0 Å². The van der Waals surface area contributed by atoms with Crippen molar-refractivity contribution in [3.05, 3.63) is 0 Å². The highest BCUT2D eigenvalue weighted by molar-refractivity contribution is 5.91. The highest BCUT2D eigenvalue weighted by Gasteiger charge is 2.25. The van der Waals surface area contributed by atoms with Gasteiger partial charge in [0.05, 0.1) is 0 Å². The van der Waals surface area contributed by atoms with Gasteiger partial charge in [0.15, 0.2) is 5.96 Å². The van der Waals surface area contributed by atoms with E-state index in [0.29, 0.717) is 0 Å². The Morgan fingerprint density at radius 1 is 1.36 bits per heavy atom. The van der Waals surface area contributed by atoms with Gasteiger partial charge < -0.3 is 16.4 Å². The molecule has 0 aliphatic heterocycles. The molecule has 0 rings (SSSR count). The van der Waals surface area contributed by atoms with Crippen LogP contribution < -0.4 is 11.5 Å². The van der Waals surface area contributed by atoms with E-state index in [4.69, 9.17) is 16.9 Å². The summed E-state index contributed by atoms with van der Waals surface area (Å²) in [7, 11) is 1.81. The molecular formula is C9H21N5. The monoisotopic (exact) mass is 199 g/mol. The molecule has 0 radical (unpaired) electrons. The van der Waals surface area contributed by atoms with Crippen LogP contribution in [0.2, 0.25) is 0 Å². The molecule has 1 unspecified atom stereocenters. The largest absolute Gasteiger partial charge is 0.370 e. The van der Waals surface area contributed by atoms with E-state index in [-0.39, 0.29) is 23.4 Å². The lowest BCUT2D eigenvalue weighted by Gasteiger charge is -2.35. The molecule has 5 nitrogen and oxygen atoms in total. The molecule has 0 spiro atoms. The lowest BCUT2D eigenvalue weighted by atomic mass is 9.87. The summed E-state index contributed by atoms with van der Waals surface area (Å²) in [6.07, 6.45) is 0. The Morgan fingerprint density at radius 3 is 2.07 bits per heavy atom. The Morgan fingerprint density at radius 2 is 1.79 bits per heavy atom. The molecule has 0 amide bonds. The van der Waals surface area contributed by atoms with E-state index < -0.39 is 0 Å². The number of nitrogens with zero attached hydrogens (tertiary/aromatic N) is 2. The second-order valence-corrected chi connectivity index (χ2v) is 4.51. The number of aliphatic imine (C=N–C) groups is 1. The van der Waals surface area contributed by atoms with Gasteiger partial charge >= 0.3 is 0 Å². The average molecular weight is 199 g/mol. The molecule has 5 heteroatoms. The number of nitrogens with one attached hydrogen (secondary N) is 1. The van der Waals surface area contributed by atoms with E-state index in [1.54, 1.807) is 4.90 Å².